The minimum atomic E-state index is -0.456. The average molecular weight is 725 g/mol. The second-order valence-electron chi connectivity index (χ2n) is 13.6. The molecule has 12 nitrogen and oxygen atoms in total. The van der Waals surface area contributed by atoms with Crippen molar-refractivity contribution in [3.63, 3.8) is 0 Å². The van der Waals surface area contributed by atoms with Gasteiger partial charge < -0.3 is 35.2 Å². The monoisotopic (exact) mass is 724 g/mol. The van der Waals surface area contributed by atoms with Crippen molar-refractivity contribution in [2.75, 3.05) is 51.3 Å². The average Bonchev–Trinajstić information content (AvgIpc) is 3.17. The lowest BCUT2D eigenvalue weighted by Gasteiger charge is -2.31. The first-order valence-corrected chi connectivity index (χ1v) is 18.7. The highest BCUT2D eigenvalue weighted by Crippen LogP contribution is 2.28. The quantitative estimate of drug-likeness (QED) is 0.127. The Kier molecular flexibility index (Phi) is 15.1. The van der Waals surface area contributed by atoms with E-state index in [0.717, 1.165) is 61.9 Å². The zero-order chi connectivity index (χ0) is 37.3. The number of aromatic hydroxyl groups is 1. The summed E-state index contributed by atoms with van der Waals surface area (Å²) in [6, 6.07) is 24.5. The van der Waals surface area contributed by atoms with Crippen LogP contribution in [0.4, 0.5) is 10.5 Å². The number of nitrogens with zero attached hydrogens (tertiary/aromatic N) is 3. The number of hydrogen-bond acceptors (Lipinski definition) is 8. The van der Waals surface area contributed by atoms with Gasteiger partial charge in [0.1, 0.15) is 11.9 Å². The number of unbranched alkanes of at least 4 members (excludes halogenated alkanes) is 2. The van der Waals surface area contributed by atoms with Crippen LogP contribution in [-0.2, 0) is 25.7 Å². The van der Waals surface area contributed by atoms with Crippen LogP contribution in [0.1, 0.15) is 56.9 Å². The summed E-state index contributed by atoms with van der Waals surface area (Å²) >= 11 is 0. The zero-order valence-electron chi connectivity index (χ0n) is 30.4. The predicted molar refractivity (Wildman–Crippen MR) is 205 cm³/mol. The van der Waals surface area contributed by atoms with Crippen molar-refractivity contribution >= 4 is 29.5 Å². The summed E-state index contributed by atoms with van der Waals surface area (Å²) in [5.41, 5.74) is 3.62. The fraction of sp³-hybridized carbons (Fsp3) is 0.415. The Labute approximate surface area is 312 Å². The van der Waals surface area contributed by atoms with Crippen molar-refractivity contribution in [1.82, 2.24) is 25.3 Å². The van der Waals surface area contributed by atoms with E-state index in [9.17, 15) is 24.3 Å². The number of phenolic OH excluding ortho intramolecular Hbond substituents is 1. The molecule has 4 amide bonds. The standard InChI is InChI=1S/C41H52N6O6/c48-34-17-15-32(16-18-34)30-47(40(51)14-9-24-46-29-22-39(50)43-31-46)25-8-2-7-23-42-38(49)21-28-45-26-19-35(20-27-45)53-41(52)44-37-13-6-5-12-36(37)33-10-3-1-4-11-33/h1,3-6,10-13,15-18,22,29,35,48H,2,7-9,14,19-21,23-28,30-31H2,(H,42,49)(H,43,50)(H,44,52). The van der Waals surface area contributed by atoms with E-state index in [-0.39, 0.29) is 29.6 Å². The molecule has 3 aromatic carbocycles. The van der Waals surface area contributed by atoms with Crippen LogP contribution in [0.5, 0.6) is 5.75 Å². The molecule has 53 heavy (non-hydrogen) atoms. The third-order valence-corrected chi connectivity index (χ3v) is 9.53. The molecule has 3 aromatic rings. The van der Waals surface area contributed by atoms with E-state index in [1.165, 1.54) is 6.08 Å². The highest BCUT2D eigenvalue weighted by Gasteiger charge is 2.23. The van der Waals surface area contributed by atoms with Gasteiger partial charge in [-0.15, -0.1) is 0 Å². The van der Waals surface area contributed by atoms with Crippen LogP contribution in [0.25, 0.3) is 11.1 Å². The summed E-state index contributed by atoms with van der Waals surface area (Å²) in [6.45, 7) is 4.96. The number of para-hydroxylation sites is 1. The zero-order valence-corrected chi connectivity index (χ0v) is 30.4. The maximum Gasteiger partial charge on any atom is 0.411 e. The Balaban J connectivity index is 0.938. The van der Waals surface area contributed by atoms with Crippen LogP contribution in [0.2, 0.25) is 0 Å². The van der Waals surface area contributed by atoms with E-state index in [1.807, 2.05) is 76.5 Å². The van der Waals surface area contributed by atoms with Crippen molar-refractivity contribution in [3.05, 3.63) is 96.7 Å². The number of carbonyl (C=O) groups is 4. The van der Waals surface area contributed by atoms with Crippen LogP contribution in [0.15, 0.2) is 91.1 Å². The van der Waals surface area contributed by atoms with Crippen molar-refractivity contribution in [2.24, 2.45) is 0 Å². The van der Waals surface area contributed by atoms with E-state index >= 15 is 0 Å². The van der Waals surface area contributed by atoms with Gasteiger partial charge in [-0.1, -0.05) is 60.7 Å². The fourth-order valence-electron chi connectivity index (χ4n) is 6.51. The maximum atomic E-state index is 13.2. The van der Waals surface area contributed by atoms with Gasteiger partial charge in [-0.05, 0) is 67.9 Å². The summed E-state index contributed by atoms with van der Waals surface area (Å²) < 4.78 is 5.75. The first kappa shape index (κ1) is 38.9. The number of carbonyl (C=O) groups excluding carboxylic acids is 4. The molecule has 2 aliphatic rings. The van der Waals surface area contributed by atoms with Crippen LogP contribution < -0.4 is 16.0 Å². The van der Waals surface area contributed by atoms with Gasteiger partial charge >= 0.3 is 6.09 Å². The van der Waals surface area contributed by atoms with Gasteiger partial charge in [-0.25, -0.2) is 4.79 Å². The van der Waals surface area contributed by atoms with Crippen LogP contribution in [0.3, 0.4) is 0 Å². The van der Waals surface area contributed by atoms with Crippen LogP contribution >= 0.6 is 0 Å². The molecule has 0 atom stereocenters. The fourth-order valence-corrected chi connectivity index (χ4v) is 6.51. The second kappa shape index (κ2) is 20.6. The van der Waals surface area contributed by atoms with Gasteiger partial charge in [-0.2, -0.15) is 0 Å². The van der Waals surface area contributed by atoms with Gasteiger partial charge in [0.25, 0.3) is 0 Å². The second-order valence-corrected chi connectivity index (χ2v) is 13.6. The number of ether oxygens (including phenoxy) is 1. The van der Waals surface area contributed by atoms with Crippen molar-refractivity contribution < 1.29 is 29.0 Å². The molecule has 1 saturated heterocycles. The molecule has 1 fully saturated rings. The minimum Gasteiger partial charge on any atom is -0.508 e. The Morgan fingerprint density at radius 3 is 2.38 bits per heavy atom. The number of piperidine rings is 1. The largest absolute Gasteiger partial charge is 0.508 e. The van der Waals surface area contributed by atoms with Gasteiger partial charge in [0.15, 0.2) is 0 Å². The van der Waals surface area contributed by atoms with Crippen molar-refractivity contribution in [1.29, 1.82) is 0 Å². The summed E-state index contributed by atoms with van der Waals surface area (Å²) in [7, 11) is 0. The number of likely N-dealkylation sites (tertiary alicyclic amines) is 1. The van der Waals surface area contributed by atoms with Crippen molar-refractivity contribution in [2.45, 2.75) is 64.0 Å². The predicted octanol–water partition coefficient (Wildman–Crippen LogP) is 5.46. The number of rotatable bonds is 18. The van der Waals surface area contributed by atoms with Crippen molar-refractivity contribution in [3.8, 4) is 16.9 Å². The Morgan fingerprint density at radius 1 is 0.868 bits per heavy atom. The van der Waals surface area contributed by atoms with E-state index in [1.54, 1.807) is 18.3 Å². The molecule has 0 radical (unpaired) electrons. The molecule has 0 aromatic heterocycles. The smallest absolute Gasteiger partial charge is 0.411 e. The van der Waals surface area contributed by atoms with Gasteiger partial charge in [-0.3, -0.25) is 19.7 Å². The highest BCUT2D eigenvalue weighted by molar-refractivity contribution is 5.91. The molecule has 0 spiro atoms. The minimum absolute atomic E-state index is 0.0204. The number of nitrogens with one attached hydrogen (secondary N) is 3. The molecule has 12 heteroatoms. The van der Waals surface area contributed by atoms with E-state index in [0.29, 0.717) is 64.3 Å². The molecule has 4 N–H and O–H groups in total. The van der Waals surface area contributed by atoms with E-state index in [4.69, 9.17) is 4.74 Å². The van der Waals surface area contributed by atoms with Crippen LogP contribution in [0, 0.1) is 0 Å². The Bertz CT molecular complexity index is 1660. The third-order valence-electron chi connectivity index (χ3n) is 9.53. The molecule has 0 bridgehead atoms. The summed E-state index contributed by atoms with van der Waals surface area (Å²) in [4.78, 5) is 55.9. The normalized spacial score (nSPS) is 14.7. The number of hydrogen-bond donors (Lipinski definition) is 4. The van der Waals surface area contributed by atoms with Gasteiger partial charge in [0.05, 0.1) is 12.4 Å². The highest BCUT2D eigenvalue weighted by atomic mass is 16.6. The first-order chi connectivity index (χ1) is 25.8. The van der Waals surface area contributed by atoms with Gasteiger partial charge in [0, 0.05) is 76.5 Å². The molecule has 282 valence electrons. The summed E-state index contributed by atoms with van der Waals surface area (Å²) in [5.74, 6) is 0.168. The molecule has 0 aliphatic carbocycles. The lowest BCUT2D eigenvalue weighted by atomic mass is 10.0. The molecular formula is C41H52N6O6. The number of benzene rings is 3. The summed E-state index contributed by atoms with van der Waals surface area (Å²) in [6.07, 6.45) is 8.05. The van der Waals surface area contributed by atoms with E-state index in [2.05, 4.69) is 20.9 Å². The molecule has 2 aliphatic heterocycles. The lowest BCUT2D eigenvalue weighted by Crippen LogP contribution is -2.40. The molecule has 0 unspecified atom stereocenters. The SMILES string of the molecule is O=C1C=CN(CCCC(=O)N(CCCCCNC(=O)CCN2CCC(OC(=O)Nc3ccccc3-c3ccccc3)CC2)Cc2ccc(O)cc2)CN1. The molecular weight excluding hydrogens is 672 g/mol. The Morgan fingerprint density at radius 2 is 1.62 bits per heavy atom. The molecule has 2 heterocycles. The molecule has 5 rings (SSSR count). The van der Waals surface area contributed by atoms with Gasteiger partial charge in [0.2, 0.25) is 17.7 Å². The number of anilines is 1. The maximum absolute atomic E-state index is 13.2. The van der Waals surface area contributed by atoms with E-state index < -0.39 is 6.09 Å². The number of amides is 4. The Hall–Kier alpha value is -5.36. The lowest BCUT2D eigenvalue weighted by molar-refractivity contribution is -0.132. The third kappa shape index (κ3) is 13.3. The number of phenols is 1. The summed E-state index contributed by atoms with van der Waals surface area (Å²) in [5, 5.41) is 18.4. The molecule has 0 saturated carbocycles. The van der Waals surface area contributed by atoms with Crippen LogP contribution in [-0.4, -0.2) is 95.7 Å². The first-order valence-electron chi connectivity index (χ1n) is 18.7. The topological polar surface area (TPSA) is 144 Å².